The summed E-state index contributed by atoms with van der Waals surface area (Å²) in [6.07, 6.45) is 1.50. The average molecular weight is 291 g/mol. The molecular weight excluding hydrogens is 266 g/mol. The second-order valence-corrected chi connectivity index (χ2v) is 5.98. The van der Waals surface area contributed by atoms with Crippen molar-refractivity contribution >= 4 is 11.6 Å². The lowest BCUT2D eigenvalue weighted by Gasteiger charge is -2.25. The molecule has 1 aliphatic heterocycles. The fourth-order valence-corrected chi connectivity index (χ4v) is 2.68. The zero-order chi connectivity index (χ0) is 15.2. The predicted octanol–water partition coefficient (Wildman–Crippen LogP) is 3.07. The van der Waals surface area contributed by atoms with E-state index in [0.29, 0.717) is 26.2 Å². The number of nitrogens with one attached hydrogen (secondary N) is 1. The third kappa shape index (κ3) is 5.14. The molecule has 1 fully saturated rings. The van der Waals surface area contributed by atoms with Gasteiger partial charge in [-0.1, -0.05) is 24.6 Å². The molecule has 0 bridgehead atoms. The van der Waals surface area contributed by atoms with E-state index < -0.39 is 0 Å². The molecule has 1 aliphatic rings. The molecule has 1 N–H and O–H groups in total. The van der Waals surface area contributed by atoms with Gasteiger partial charge < -0.3 is 14.8 Å². The molecule has 1 aromatic carbocycles. The maximum absolute atomic E-state index is 12.1. The number of aryl methyl sites for hydroxylation is 2. The zero-order valence-electron chi connectivity index (χ0n) is 13.1. The molecule has 1 saturated heterocycles. The normalized spacial score (nSPS) is 20.0. The van der Waals surface area contributed by atoms with Crippen molar-refractivity contribution in [2.75, 3.05) is 25.1 Å². The van der Waals surface area contributed by atoms with E-state index in [1.165, 1.54) is 5.56 Å². The van der Waals surface area contributed by atoms with Crippen LogP contribution in [0.25, 0.3) is 0 Å². The smallest absolute Gasteiger partial charge is 0.224 e. The Labute approximate surface area is 126 Å². The van der Waals surface area contributed by atoms with Crippen molar-refractivity contribution in [1.29, 1.82) is 0 Å². The topological polar surface area (TPSA) is 47.6 Å². The SMILES string of the molecule is Cc1ccc(NC(=O)C[C@H](C)C[C@H]2COCCO2)c(C)c1. The molecule has 0 radical (unpaired) electrons. The van der Waals surface area contributed by atoms with Gasteiger partial charge in [-0.05, 0) is 37.8 Å². The van der Waals surface area contributed by atoms with Gasteiger partial charge in [-0.25, -0.2) is 0 Å². The van der Waals surface area contributed by atoms with Crippen LogP contribution >= 0.6 is 0 Å². The maximum atomic E-state index is 12.1. The van der Waals surface area contributed by atoms with E-state index >= 15 is 0 Å². The van der Waals surface area contributed by atoms with Gasteiger partial charge in [0.25, 0.3) is 0 Å². The van der Waals surface area contributed by atoms with Gasteiger partial charge in [-0.3, -0.25) is 4.79 Å². The van der Waals surface area contributed by atoms with E-state index in [-0.39, 0.29) is 17.9 Å². The van der Waals surface area contributed by atoms with Crippen LogP contribution in [0.4, 0.5) is 5.69 Å². The second-order valence-electron chi connectivity index (χ2n) is 5.98. The molecule has 2 atom stereocenters. The number of rotatable bonds is 5. The quantitative estimate of drug-likeness (QED) is 0.907. The Morgan fingerprint density at radius 1 is 1.38 bits per heavy atom. The molecule has 4 heteroatoms. The summed E-state index contributed by atoms with van der Waals surface area (Å²) in [5, 5.41) is 2.99. The van der Waals surface area contributed by atoms with Crippen molar-refractivity contribution in [1.82, 2.24) is 0 Å². The van der Waals surface area contributed by atoms with Crippen LogP contribution in [0.5, 0.6) is 0 Å². The van der Waals surface area contributed by atoms with Crippen molar-refractivity contribution in [3.63, 3.8) is 0 Å². The Morgan fingerprint density at radius 3 is 2.86 bits per heavy atom. The van der Waals surface area contributed by atoms with E-state index in [2.05, 4.69) is 18.3 Å². The Hall–Kier alpha value is -1.39. The van der Waals surface area contributed by atoms with Crippen LogP contribution < -0.4 is 5.32 Å². The van der Waals surface area contributed by atoms with Crippen molar-refractivity contribution in [3.8, 4) is 0 Å². The van der Waals surface area contributed by atoms with E-state index in [0.717, 1.165) is 17.7 Å². The average Bonchev–Trinajstić information content (AvgIpc) is 2.43. The third-order valence-corrected chi connectivity index (χ3v) is 3.74. The van der Waals surface area contributed by atoms with Crippen LogP contribution in [-0.2, 0) is 14.3 Å². The summed E-state index contributed by atoms with van der Waals surface area (Å²) in [5.41, 5.74) is 3.20. The molecule has 1 amide bonds. The number of benzene rings is 1. The molecule has 0 aliphatic carbocycles. The highest BCUT2D eigenvalue weighted by Crippen LogP contribution is 2.19. The van der Waals surface area contributed by atoms with Crippen molar-refractivity contribution in [3.05, 3.63) is 29.3 Å². The third-order valence-electron chi connectivity index (χ3n) is 3.74. The molecule has 116 valence electrons. The Bertz CT molecular complexity index is 481. The van der Waals surface area contributed by atoms with Gasteiger partial charge in [0, 0.05) is 12.1 Å². The fourth-order valence-electron chi connectivity index (χ4n) is 2.68. The number of amides is 1. The molecule has 1 aromatic rings. The summed E-state index contributed by atoms with van der Waals surface area (Å²) >= 11 is 0. The van der Waals surface area contributed by atoms with Crippen LogP contribution in [0.2, 0.25) is 0 Å². The lowest BCUT2D eigenvalue weighted by molar-refractivity contribution is -0.118. The Kier molecular flexibility index (Phi) is 5.76. The number of hydrogen-bond donors (Lipinski definition) is 1. The number of anilines is 1. The first-order valence-electron chi connectivity index (χ1n) is 7.61. The summed E-state index contributed by atoms with van der Waals surface area (Å²) in [4.78, 5) is 12.1. The number of carbonyl (C=O) groups excluding carboxylic acids is 1. The molecular formula is C17H25NO3. The highest BCUT2D eigenvalue weighted by molar-refractivity contribution is 5.91. The van der Waals surface area contributed by atoms with Crippen molar-refractivity contribution in [2.45, 2.75) is 39.7 Å². The van der Waals surface area contributed by atoms with Gasteiger partial charge in [0.1, 0.15) is 0 Å². The summed E-state index contributed by atoms with van der Waals surface area (Å²) in [7, 11) is 0. The van der Waals surface area contributed by atoms with Crippen LogP contribution in [0.15, 0.2) is 18.2 Å². The zero-order valence-corrected chi connectivity index (χ0v) is 13.1. The molecule has 0 spiro atoms. The standard InChI is InChI=1S/C17H25NO3/c1-12-4-5-16(14(3)8-12)18-17(19)10-13(2)9-15-11-20-6-7-21-15/h4-5,8,13,15H,6-7,9-11H2,1-3H3,(H,18,19)/t13-,15+/m1/s1. The summed E-state index contributed by atoms with van der Waals surface area (Å²) < 4.78 is 11.0. The first kappa shape index (κ1) is 16.0. The Balaban J connectivity index is 1.80. The first-order valence-corrected chi connectivity index (χ1v) is 7.61. The van der Waals surface area contributed by atoms with Crippen LogP contribution in [-0.4, -0.2) is 31.8 Å². The van der Waals surface area contributed by atoms with Gasteiger partial charge in [0.05, 0.1) is 25.9 Å². The van der Waals surface area contributed by atoms with E-state index in [1.807, 2.05) is 26.0 Å². The molecule has 2 rings (SSSR count). The van der Waals surface area contributed by atoms with Crippen LogP contribution in [0.3, 0.4) is 0 Å². The van der Waals surface area contributed by atoms with Crippen LogP contribution in [0, 0.1) is 19.8 Å². The minimum atomic E-state index is 0.0613. The predicted molar refractivity (Wildman–Crippen MR) is 83.5 cm³/mol. The largest absolute Gasteiger partial charge is 0.376 e. The minimum absolute atomic E-state index is 0.0613. The molecule has 0 aromatic heterocycles. The number of hydrogen-bond acceptors (Lipinski definition) is 3. The summed E-state index contributed by atoms with van der Waals surface area (Å²) in [6.45, 7) is 8.12. The molecule has 0 unspecified atom stereocenters. The van der Waals surface area contributed by atoms with Gasteiger partial charge in [0.2, 0.25) is 5.91 Å². The van der Waals surface area contributed by atoms with Crippen molar-refractivity contribution in [2.24, 2.45) is 5.92 Å². The number of carbonyl (C=O) groups is 1. The monoisotopic (exact) mass is 291 g/mol. The molecule has 4 nitrogen and oxygen atoms in total. The van der Waals surface area contributed by atoms with Gasteiger partial charge in [-0.15, -0.1) is 0 Å². The second kappa shape index (κ2) is 7.57. The molecule has 1 heterocycles. The summed E-state index contributed by atoms with van der Waals surface area (Å²) in [6, 6.07) is 6.05. The summed E-state index contributed by atoms with van der Waals surface area (Å²) in [5.74, 6) is 0.341. The minimum Gasteiger partial charge on any atom is -0.376 e. The van der Waals surface area contributed by atoms with Crippen molar-refractivity contribution < 1.29 is 14.3 Å². The fraction of sp³-hybridized carbons (Fsp3) is 0.588. The van der Waals surface area contributed by atoms with Gasteiger partial charge >= 0.3 is 0 Å². The molecule has 21 heavy (non-hydrogen) atoms. The first-order chi connectivity index (χ1) is 10.0. The van der Waals surface area contributed by atoms with E-state index in [4.69, 9.17) is 9.47 Å². The lowest BCUT2D eigenvalue weighted by atomic mass is 9.99. The number of ether oxygens (including phenoxy) is 2. The van der Waals surface area contributed by atoms with Crippen LogP contribution in [0.1, 0.15) is 30.9 Å². The molecule has 0 saturated carbocycles. The highest BCUT2D eigenvalue weighted by atomic mass is 16.6. The maximum Gasteiger partial charge on any atom is 0.224 e. The van der Waals surface area contributed by atoms with Gasteiger partial charge in [-0.2, -0.15) is 0 Å². The van der Waals surface area contributed by atoms with E-state index in [9.17, 15) is 4.79 Å². The highest BCUT2D eigenvalue weighted by Gasteiger charge is 2.19. The van der Waals surface area contributed by atoms with E-state index in [1.54, 1.807) is 0 Å². The lowest BCUT2D eigenvalue weighted by Crippen LogP contribution is -2.30. The van der Waals surface area contributed by atoms with Gasteiger partial charge in [0.15, 0.2) is 0 Å². The Morgan fingerprint density at radius 2 is 2.19 bits per heavy atom.